The number of hydrogen-bond donors (Lipinski definition) is 2. The molecule has 0 bridgehead atoms. The lowest BCUT2D eigenvalue weighted by atomic mass is 10.4. The van der Waals surface area contributed by atoms with Gasteiger partial charge in [-0.25, -0.2) is 0 Å². The summed E-state index contributed by atoms with van der Waals surface area (Å²) in [5.41, 5.74) is 0. The van der Waals surface area contributed by atoms with E-state index in [-0.39, 0.29) is 19.4 Å². The van der Waals surface area contributed by atoms with Gasteiger partial charge in [0.05, 0.1) is 26.0 Å². The molecule has 18 heavy (non-hydrogen) atoms. The Hall–Kier alpha value is 0.0300. The van der Waals surface area contributed by atoms with Crippen LogP contribution in [0.15, 0.2) is 0 Å². The lowest BCUT2D eigenvalue weighted by molar-refractivity contribution is 0.136. The Bertz CT molecular complexity index is 227. The van der Waals surface area contributed by atoms with Crippen molar-refractivity contribution >= 4 is 7.60 Å². The molecule has 0 aromatic heterocycles. The van der Waals surface area contributed by atoms with E-state index < -0.39 is 7.60 Å². The van der Waals surface area contributed by atoms with Gasteiger partial charge in [-0.3, -0.25) is 4.57 Å². The normalized spacial score (nSPS) is 14.6. The molecule has 0 amide bonds. The van der Waals surface area contributed by atoms with E-state index >= 15 is 0 Å². The fraction of sp³-hybridized carbons (Fsp3) is 1.00. The first kappa shape index (κ1) is 18.0. The smallest absolute Gasteiger partial charge is 0.330 e. The van der Waals surface area contributed by atoms with Gasteiger partial charge in [-0.05, 0) is 26.8 Å². The van der Waals surface area contributed by atoms with Gasteiger partial charge in [-0.1, -0.05) is 0 Å². The molecular formula is C11H26NO5P. The molecule has 0 aliphatic heterocycles. The zero-order valence-corrected chi connectivity index (χ0v) is 12.3. The number of hydrogen-bond acceptors (Lipinski definition) is 5. The number of nitrogens with one attached hydrogen (secondary N) is 1. The van der Waals surface area contributed by atoms with Crippen LogP contribution in [0.4, 0.5) is 0 Å². The Morgan fingerprint density at radius 3 is 2.50 bits per heavy atom. The molecule has 0 rings (SSSR count). The van der Waals surface area contributed by atoms with Crippen LogP contribution in [0.5, 0.6) is 0 Å². The van der Waals surface area contributed by atoms with Gasteiger partial charge >= 0.3 is 7.60 Å². The molecule has 0 spiro atoms. The molecular weight excluding hydrogens is 257 g/mol. The maximum atomic E-state index is 11.3. The molecule has 0 saturated carbocycles. The summed E-state index contributed by atoms with van der Waals surface area (Å²) in [4.78, 5) is 9.26. The molecule has 0 radical (unpaired) electrons. The molecule has 7 heteroatoms. The van der Waals surface area contributed by atoms with Crippen LogP contribution >= 0.6 is 7.60 Å². The van der Waals surface area contributed by atoms with Gasteiger partial charge in [0.25, 0.3) is 0 Å². The summed E-state index contributed by atoms with van der Waals surface area (Å²) in [5.74, 6) is 0. The van der Waals surface area contributed by atoms with Gasteiger partial charge in [0.1, 0.15) is 0 Å². The van der Waals surface area contributed by atoms with E-state index in [1.54, 1.807) is 6.92 Å². The molecule has 0 saturated heterocycles. The Morgan fingerprint density at radius 2 is 1.83 bits per heavy atom. The molecule has 6 nitrogen and oxygen atoms in total. The van der Waals surface area contributed by atoms with E-state index in [1.165, 1.54) is 0 Å². The monoisotopic (exact) mass is 283 g/mol. The van der Waals surface area contributed by atoms with Crippen molar-refractivity contribution in [3.8, 4) is 0 Å². The van der Waals surface area contributed by atoms with Crippen molar-refractivity contribution in [3.05, 3.63) is 0 Å². The fourth-order valence-electron chi connectivity index (χ4n) is 1.26. The third-order valence-corrected chi connectivity index (χ3v) is 3.53. The summed E-state index contributed by atoms with van der Waals surface area (Å²) in [7, 11) is -3.43. The van der Waals surface area contributed by atoms with Gasteiger partial charge in [0, 0.05) is 19.8 Å². The average Bonchev–Trinajstić information content (AvgIpc) is 2.31. The molecule has 0 aromatic carbocycles. The molecule has 0 aliphatic rings. The van der Waals surface area contributed by atoms with Gasteiger partial charge < -0.3 is 24.2 Å². The van der Waals surface area contributed by atoms with Crippen molar-refractivity contribution in [2.45, 2.75) is 20.3 Å². The van der Waals surface area contributed by atoms with Gasteiger partial charge in [0.2, 0.25) is 0 Å². The maximum Gasteiger partial charge on any atom is 0.330 e. The third kappa shape index (κ3) is 12.5. The Balaban J connectivity index is 3.18. The second kappa shape index (κ2) is 12.1. The van der Waals surface area contributed by atoms with E-state index in [2.05, 4.69) is 5.32 Å². The molecule has 2 N–H and O–H groups in total. The van der Waals surface area contributed by atoms with Crippen LogP contribution < -0.4 is 5.32 Å². The molecule has 1 atom stereocenters. The van der Waals surface area contributed by atoms with Gasteiger partial charge in [-0.2, -0.15) is 0 Å². The van der Waals surface area contributed by atoms with Crippen molar-refractivity contribution in [2.24, 2.45) is 0 Å². The summed E-state index contributed by atoms with van der Waals surface area (Å²) >= 11 is 0. The van der Waals surface area contributed by atoms with Crippen molar-refractivity contribution in [2.75, 3.05) is 52.3 Å². The zero-order valence-electron chi connectivity index (χ0n) is 11.4. The van der Waals surface area contributed by atoms with Crippen molar-refractivity contribution in [1.29, 1.82) is 0 Å². The van der Waals surface area contributed by atoms with Crippen LogP contribution in [0, 0.1) is 0 Å². The molecule has 110 valence electrons. The number of rotatable bonds is 13. The zero-order chi connectivity index (χ0) is 13.7. The van der Waals surface area contributed by atoms with Crippen LogP contribution in [0.2, 0.25) is 0 Å². The average molecular weight is 283 g/mol. The summed E-state index contributed by atoms with van der Waals surface area (Å²) in [6.07, 6.45) is 1.02. The molecule has 0 aromatic rings. The first-order chi connectivity index (χ1) is 8.62. The van der Waals surface area contributed by atoms with E-state index in [1.807, 2.05) is 6.92 Å². The molecule has 1 unspecified atom stereocenters. The first-order valence-corrected chi connectivity index (χ1v) is 8.21. The van der Waals surface area contributed by atoms with Crippen molar-refractivity contribution in [1.82, 2.24) is 5.32 Å². The van der Waals surface area contributed by atoms with Crippen LogP contribution in [0.3, 0.4) is 0 Å². The summed E-state index contributed by atoms with van der Waals surface area (Å²) < 4.78 is 26.4. The first-order valence-electron chi connectivity index (χ1n) is 6.45. The minimum absolute atomic E-state index is 0.0468. The van der Waals surface area contributed by atoms with Crippen LogP contribution in [0.25, 0.3) is 0 Å². The minimum atomic E-state index is -3.43. The predicted octanol–water partition coefficient (Wildman–Crippen LogP) is 1.24. The van der Waals surface area contributed by atoms with E-state index in [0.29, 0.717) is 6.61 Å². The van der Waals surface area contributed by atoms with E-state index in [0.717, 1.165) is 32.7 Å². The summed E-state index contributed by atoms with van der Waals surface area (Å²) in [6.45, 7) is 7.83. The van der Waals surface area contributed by atoms with Crippen LogP contribution in [0.1, 0.15) is 20.3 Å². The quantitative estimate of drug-likeness (QED) is 0.391. The van der Waals surface area contributed by atoms with E-state index in [9.17, 15) is 9.46 Å². The Morgan fingerprint density at radius 1 is 1.06 bits per heavy atom. The van der Waals surface area contributed by atoms with Crippen molar-refractivity contribution in [3.63, 3.8) is 0 Å². The second-order valence-corrected chi connectivity index (χ2v) is 5.67. The topological polar surface area (TPSA) is 77.0 Å². The number of ether oxygens (including phenoxy) is 2. The summed E-state index contributed by atoms with van der Waals surface area (Å²) in [6, 6.07) is 0. The lowest BCUT2D eigenvalue weighted by Crippen LogP contribution is -2.22. The van der Waals surface area contributed by atoms with E-state index in [4.69, 9.17) is 14.0 Å². The van der Waals surface area contributed by atoms with Crippen molar-refractivity contribution < 1.29 is 23.5 Å². The fourth-order valence-corrected chi connectivity index (χ4v) is 2.15. The SMILES string of the molecule is CCOCCCNCCOCCP(=O)(O)OCC. The van der Waals surface area contributed by atoms with Gasteiger partial charge in [0.15, 0.2) is 0 Å². The second-order valence-electron chi connectivity index (χ2n) is 3.69. The highest BCUT2D eigenvalue weighted by Crippen LogP contribution is 2.40. The van der Waals surface area contributed by atoms with Gasteiger partial charge in [-0.15, -0.1) is 0 Å². The lowest BCUT2D eigenvalue weighted by Gasteiger charge is -2.11. The Kier molecular flexibility index (Phi) is 12.1. The molecule has 0 heterocycles. The maximum absolute atomic E-state index is 11.3. The highest BCUT2D eigenvalue weighted by atomic mass is 31.2. The standard InChI is InChI=1S/C11H26NO5P/c1-3-15-8-5-6-12-7-9-16-10-11-18(13,14)17-4-2/h12H,3-11H2,1-2H3,(H,13,14). The van der Waals surface area contributed by atoms with Crippen LogP contribution in [-0.2, 0) is 18.6 Å². The Labute approximate surface area is 110 Å². The largest absolute Gasteiger partial charge is 0.382 e. The molecule has 0 fully saturated rings. The van der Waals surface area contributed by atoms with Crippen LogP contribution in [-0.4, -0.2) is 57.2 Å². The third-order valence-electron chi connectivity index (χ3n) is 2.12. The molecule has 0 aliphatic carbocycles. The highest BCUT2D eigenvalue weighted by molar-refractivity contribution is 7.52. The summed E-state index contributed by atoms with van der Waals surface area (Å²) in [5, 5.41) is 3.20. The predicted molar refractivity (Wildman–Crippen MR) is 71.1 cm³/mol. The minimum Gasteiger partial charge on any atom is -0.382 e. The highest BCUT2D eigenvalue weighted by Gasteiger charge is 2.17.